The van der Waals surface area contributed by atoms with Gasteiger partial charge in [0.1, 0.15) is 5.82 Å². The van der Waals surface area contributed by atoms with E-state index in [4.69, 9.17) is 10.5 Å². The van der Waals surface area contributed by atoms with Crippen molar-refractivity contribution >= 4 is 0 Å². The number of hydrogen-bond donors (Lipinski definition) is 1. The number of halogens is 1. The second-order valence-corrected chi connectivity index (χ2v) is 5.12. The molecule has 1 aliphatic rings. The molecule has 0 bridgehead atoms. The van der Waals surface area contributed by atoms with E-state index in [1.54, 1.807) is 6.07 Å². The highest BCUT2D eigenvalue weighted by Gasteiger charge is 2.19. The van der Waals surface area contributed by atoms with Crippen LogP contribution >= 0.6 is 0 Å². The summed E-state index contributed by atoms with van der Waals surface area (Å²) >= 11 is 0. The van der Waals surface area contributed by atoms with Crippen molar-refractivity contribution in [3.63, 3.8) is 0 Å². The summed E-state index contributed by atoms with van der Waals surface area (Å²) in [6.45, 7) is 2.62. The summed E-state index contributed by atoms with van der Waals surface area (Å²) in [5, 5.41) is 0. The van der Waals surface area contributed by atoms with E-state index in [0.29, 0.717) is 6.04 Å². The summed E-state index contributed by atoms with van der Waals surface area (Å²) in [5.41, 5.74) is 6.84. The zero-order valence-electron chi connectivity index (χ0n) is 11.4. The molecule has 0 aromatic carbocycles. The summed E-state index contributed by atoms with van der Waals surface area (Å²) in [4.78, 5) is 6.37. The fourth-order valence-electron chi connectivity index (χ4n) is 2.41. The van der Waals surface area contributed by atoms with Gasteiger partial charge in [-0.25, -0.2) is 4.39 Å². The Morgan fingerprint density at radius 2 is 2.21 bits per heavy atom. The summed E-state index contributed by atoms with van der Waals surface area (Å²) in [7, 11) is 2.13. The van der Waals surface area contributed by atoms with E-state index in [0.717, 1.165) is 44.7 Å². The quantitative estimate of drug-likeness (QED) is 0.882. The largest absolute Gasteiger partial charge is 0.381 e. The molecule has 0 aliphatic carbocycles. The summed E-state index contributed by atoms with van der Waals surface area (Å²) in [6, 6.07) is 3.52. The topological polar surface area (TPSA) is 51.4 Å². The molecule has 1 saturated heterocycles. The van der Waals surface area contributed by atoms with Gasteiger partial charge in [-0.2, -0.15) is 0 Å². The van der Waals surface area contributed by atoms with Crippen LogP contribution in [0.15, 0.2) is 18.3 Å². The molecule has 106 valence electrons. The lowest BCUT2D eigenvalue weighted by molar-refractivity contribution is 0.0422. The fraction of sp³-hybridized carbons (Fsp3) is 0.643. The van der Waals surface area contributed by atoms with E-state index in [-0.39, 0.29) is 11.9 Å². The first-order valence-electron chi connectivity index (χ1n) is 6.82. The molecular weight excluding hydrogens is 245 g/mol. The molecule has 1 aromatic rings. The zero-order chi connectivity index (χ0) is 13.7. The highest BCUT2D eigenvalue weighted by Crippen LogP contribution is 2.16. The zero-order valence-corrected chi connectivity index (χ0v) is 11.4. The van der Waals surface area contributed by atoms with Gasteiger partial charge in [0, 0.05) is 25.3 Å². The molecular formula is C14H22FN3O. The molecule has 0 amide bonds. The van der Waals surface area contributed by atoms with Crippen LogP contribution in [0.4, 0.5) is 4.39 Å². The minimum atomic E-state index is -0.324. The molecule has 5 heteroatoms. The molecule has 1 atom stereocenters. The average molecular weight is 267 g/mol. The Hall–Kier alpha value is -1.04. The van der Waals surface area contributed by atoms with E-state index < -0.39 is 0 Å². The second kappa shape index (κ2) is 6.93. The Kier molecular flexibility index (Phi) is 5.24. The van der Waals surface area contributed by atoms with Gasteiger partial charge in [0.2, 0.25) is 0 Å². The van der Waals surface area contributed by atoms with Gasteiger partial charge in [0.25, 0.3) is 0 Å². The smallest absolute Gasteiger partial charge is 0.141 e. The minimum Gasteiger partial charge on any atom is -0.381 e. The Morgan fingerprint density at radius 3 is 2.84 bits per heavy atom. The highest BCUT2D eigenvalue weighted by molar-refractivity contribution is 5.09. The molecule has 1 fully saturated rings. The van der Waals surface area contributed by atoms with Crippen molar-refractivity contribution in [2.75, 3.05) is 26.8 Å². The minimum absolute atomic E-state index is 0.136. The van der Waals surface area contributed by atoms with Crippen molar-refractivity contribution in [1.82, 2.24) is 9.88 Å². The number of nitrogens with two attached hydrogens (primary N) is 1. The van der Waals surface area contributed by atoms with E-state index in [1.807, 2.05) is 0 Å². The molecule has 19 heavy (non-hydrogen) atoms. The summed E-state index contributed by atoms with van der Waals surface area (Å²) in [5.74, 6) is -0.324. The van der Waals surface area contributed by atoms with E-state index >= 15 is 0 Å². The van der Waals surface area contributed by atoms with Crippen molar-refractivity contribution in [3.05, 3.63) is 29.8 Å². The number of rotatable bonds is 5. The van der Waals surface area contributed by atoms with Gasteiger partial charge in [-0.1, -0.05) is 0 Å². The number of ether oxygens (including phenoxy) is 1. The first-order chi connectivity index (χ1) is 9.16. The van der Waals surface area contributed by atoms with Crippen LogP contribution < -0.4 is 5.73 Å². The fourth-order valence-corrected chi connectivity index (χ4v) is 2.41. The molecule has 2 N–H and O–H groups in total. The third kappa shape index (κ3) is 4.23. The maximum absolute atomic E-state index is 12.8. The van der Waals surface area contributed by atoms with E-state index in [9.17, 15) is 4.39 Å². The van der Waals surface area contributed by atoms with Gasteiger partial charge in [-0.15, -0.1) is 0 Å². The number of pyridine rings is 1. The molecule has 0 spiro atoms. The van der Waals surface area contributed by atoms with E-state index in [2.05, 4.69) is 16.9 Å². The summed E-state index contributed by atoms with van der Waals surface area (Å²) < 4.78 is 18.1. The van der Waals surface area contributed by atoms with Crippen LogP contribution in [0, 0.1) is 5.82 Å². The Labute approximate surface area is 113 Å². The monoisotopic (exact) mass is 267 g/mol. The maximum Gasteiger partial charge on any atom is 0.141 e. The molecule has 1 unspecified atom stereocenters. The van der Waals surface area contributed by atoms with Gasteiger partial charge >= 0.3 is 0 Å². The van der Waals surface area contributed by atoms with Crippen molar-refractivity contribution in [1.29, 1.82) is 0 Å². The SMILES string of the molecule is CN(CCC(N)c1ccc(F)cn1)C1CCOCC1. The van der Waals surface area contributed by atoms with Gasteiger partial charge in [0.15, 0.2) is 0 Å². The summed E-state index contributed by atoms with van der Waals surface area (Å²) in [6.07, 6.45) is 4.21. The van der Waals surface area contributed by atoms with Crippen molar-refractivity contribution in [3.8, 4) is 0 Å². The highest BCUT2D eigenvalue weighted by atomic mass is 19.1. The van der Waals surface area contributed by atoms with Crippen LogP contribution in [0.1, 0.15) is 31.0 Å². The lowest BCUT2D eigenvalue weighted by Gasteiger charge is -2.31. The first kappa shape index (κ1) is 14.4. The standard InChI is InChI=1S/C14H22FN3O/c1-18(12-5-8-19-9-6-12)7-4-13(16)14-3-2-11(15)10-17-14/h2-3,10,12-13H,4-9,16H2,1H3. The third-order valence-electron chi connectivity index (χ3n) is 3.74. The molecule has 0 saturated carbocycles. The van der Waals surface area contributed by atoms with Crippen LogP contribution in [0.5, 0.6) is 0 Å². The predicted octanol–water partition coefficient (Wildman–Crippen LogP) is 1.72. The number of nitrogens with zero attached hydrogens (tertiary/aromatic N) is 2. The van der Waals surface area contributed by atoms with Gasteiger partial charge in [-0.3, -0.25) is 4.98 Å². The van der Waals surface area contributed by atoms with Gasteiger partial charge in [-0.05, 0) is 45.0 Å². The Bertz CT molecular complexity index is 379. The van der Waals surface area contributed by atoms with Crippen molar-refractivity contribution in [2.24, 2.45) is 5.73 Å². The number of aromatic nitrogens is 1. The van der Waals surface area contributed by atoms with Crippen LogP contribution in [0.2, 0.25) is 0 Å². The molecule has 0 radical (unpaired) electrons. The van der Waals surface area contributed by atoms with Gasteiger partial charge < -0.3 is 15.4 Å². The number of hydrogen-bond acceptors (Lipinski definition) is 4. The van der Waals surface area contributed by atoms with Crippen LogP contribution in [0.25, 0.3) is 0 Å². The predicted molar refractivity (Wildman–Crippen MR) is 72.2 cm³/mol. The third-order valence-corrected chi connectivity index (χ3v) is 3.74. The maximum atomic E-state index is 12.8. The average Bonchev–Trinajstić information content (AvgIpc) is 2.46. The molecule has 2 heterocycles. The van der Waals surface area contributed by atoms with Crippen LogP contribution in [0.3, 0.4) is 0 Å². The lowest BCUT2D eigenvalue weighted by atomic mass is 10.1. The first-order valence-corrected chi connectivity index (χ1v) is 6.82. The molecule has 2 rings (SSSR count). The van der Waals surface area contributed by atoms with Crippen molar-refractivity contribution in [2.45, 2.75) is 31.3 Å². The molecule has 4 nitrogen and oxygen atoms in total. The molecule has 1 aromatic heterocycles. The van der Waals surface area contributed by atoms with Gasteiger partial charge in [0.05, 0.1) is 11.9 Å². The lowest BCUT2D eigenvalue weighted by Crippen LogP contribution is -2.38. The van der Waals surface area contributed by atoms with Crippen LogP contribution in [-0.4, -0.2) is 42.7 Å². The second-order valence-electron chi connectivity index (χ2n) is 5.12. The normalized spacial score (nSPS) is 18.7. The van der Waals surface area contributed by atoms with Crippen LogP contribution in [-0.2, 0) is 4.74 Å². The molecule has 1 aliphatic heterocycles. The van der Waals surface area contributed by atoms with Crippen molar-refractivity contribution < 1.29 is 9.13 Å². The van der Waals surface area contributed by atoms with E-state index in [1.165, 1.54) is 12.3 Å². The Morgan fingerprint density at radius 1 is 1.47 bits per heavy atom. The Balaban J connectivity index is 1.79.